The Bertz CT molecular complexity index is 1320. The zero-order valence-corrected chi connectivity index (χ0v) is 21.2. The second-order valence-corrected chi connectivity index (χ2v) is 9.49. The lowest BCUT2D eigenvalue weighted by atomic mass is 9.93. The van der Waals surface area contributed by atoms with Crippen molar-refractivity contribution in [3.05, 3.63) is 95.1 Å². The van der Waals surface area contributed by atoms with Crippen molar-refractivity contribution < 1.29 is 19.4 Å². The van der Waals surface area contributed by atoms with Gasteiger partial charge in [-0.15, -0.1) is 0 Å². The molecule has 0 atom stereocenters. The van der Waals surface area contributed by atoms with Crippen LogP contribution in [-0.4, -0.2) is 29.0 Å². The number of hydrogen-bond donors (Lipinski definition) is 2. The van der Waals surface area contributed by atoms with Gasteiger partial charge in [-0.1, -0.05) is 90.5 Å². The maximum Gasteiger partial charge on any atom is 0.314 e. The standard InChI is InChI=1S/C20H17ClN2O2S.C8H8O2/c1-22-16-17(26-23-18(16)21)14-4-2-12(3-5-14)13-6-8-15(9-7-13)20(10-11-20)19(24)25;9-7-10-6-8-4-2-1-3-5-8/h2-9,22H,10-11H2,1H3,(H,24,25);1-5,7H,6H2. The van der Waals surface area contributed by atoms with Crippen LogP contribution in [0.25, 0.3) is 21.6 Å². The summed E-state index contributed by atoms with van der Waals surface area (Å²) in [6, 6.07) is 25.6. The summed E-state index contributed by atoms with van der Waals surface area (Å²) in [5, 5.41) is 13.0. The first-order valence-electron chi connectivity index (χ1n) is 11.4. The Balaban J connectivity index is 0.000000256. The minimum atomic E-state index is -0.724. The lowest BCUT2D eigenvalue weighted by molar-refractivity contribution is -0.140. The normalized spacial score (nSPS) is 13.2. The van der Waals surface area contributed by atoms with Gasteiger partial charge in [-0.3, -0.25) is 9.59 Å². The molecule has 1 heterocycles. The van der Waals surface area contributed by atoms with Crippen molar-refractivity contribution in [3.8, 4) is 21.6 Å². The van der Waals surface area contributed by atoms with Gasteiger partial charge < -0.3 is 15.2 Å². The molecule has 8 heteroatoms. The maximum absolute atomic E-state index is 11.4. The predicted octanol–water partition coefficient (Wildman–Crippen LogP) is 6.65. The first-order chi connectivity index (χ1) is 17.5. The Kier molecular flexibility index (Phi) is 8.03. The molecule has 184 valence electrons. The largest absolute Gasteiger partial charge is 0.481 e. The van der Waals surface area contributed by atoms with Crippen molar-refractivity contribution >= 4 is 41.3 Å². The van der Waals surface area contributed by atoms with E-state index in [1.807, 2.05) is 73.8 Å². The summed E-state index contributed by atoms with van der Waals surface area (Å²) in [5.74, 6) is -0.724. The molecule has 0 saturated heterocycles. The number of benzene rings is 3. The van der Waals surface area contributed by atoms with Gasteiger partial charge >= 0.3 is 5.97 Å². The molecule has 3 aromatic carbocycles. The molecule has 1 saturated carbocycles. The molecule has 1 aliphatic rings. The van der Waals surface area contributed by atoms with Crippen LogP contribution >= 0.6 is 23.1 Å². The van der Waals surface area contributed by atoms with E-state index in [1.165, 1.54) is 11.5 Å². The Morgan fingerprint density at radius 1 is 1.03 bits per heavy atom. The Morgan fingerprint density at radius 2 is 1.61 bits per heavy atom. The molecular formula is C28H25ClN2O4S. The van der Waals surface area contributed by atoms with E-state index in [-0.39, 0.29) is 0 Å². The van der Waals surface area contributed by atoms with Crippen LogP contribution in [0.1, 0.15) is 24.0 Å². The van der Waals surface area contributed by atoms with E-state index in [2.05, 4.69) is 26.6 Å². The van der Waals surface area contributed by atoms with Crippen LogP contribution < -0.4 is 5.32 Å². The predicted molar refractivity (Wildman–Crippen MR) is 143 cm³/mol. The summed E-state index contributed by atoms with van der Waals surface area (Å²) in [7, 11) is 1.83. The van der Waals surface area contributed by atoms with Crippen molar-refractivity contribution in [1.82, 2.24) is 4.37 Å². The van der Waals surface area contributed by atoms with Crippen LogP contribution in [0.3, 0.4) is 0 Å². The fourth-order valence-electron chi connectivity index (χ4n) is 3.94. The molecule has 0 bridgehead atoms. The number of carbonyl (C=O) groups is 2. The van der Waals surface area contributed by atoms with Crippen LogP contribution in [0.4, 0.5) is 5.69 Å². The van der Waals surface area contributed by atoms with Gasteiger partial charge in [0.05, 0.1) is 16.0 Å². The lowest BCUT2D eigenvalue weighted by Crippen LogP contribution is -2.19. The molecule has 0 spiro atoms. The summed E-state index contributed by atoms with van der Waals surface area (Å²) < 4.78 is 8.73. The van der Waals surface area contributed by atoms with Gasteiger partial charge in [0.1, 0.15) is 6.61 Å². The number of carbonyl (C=O) groups excluding carboxylic acids is 1. The van der Waals surface area contributed by atoms with Crippen LogP contribution in [0.15, 0.2) is 78.9 Å². The molecule has 0 radical (unpaired) electrons. The van der Waals surface area contributed by atoms with Gasteiger partial charge in [0, 0.05) is 7.05 Å². The van der Waals surface area contributed by atoms with Crippen molar-refractivity contribution in [2.45, 2.75) is 24.9 Å². The molecule has 1 aliphatic carbocycles. The number of aromatic nitrogens is 1. The number of rotatable bonds is 8. The monoisotopic (exact) mass is 520 g/mol. The van der Waals surface area contributed by atoms with Gasteiger partial charge in [-0.25, -0.2) is 0 Å². The van der Waals surface area contributed by atoms with Crippen LogP contribution in [0, 0.1) is 0 Å². The van der Waals surface area contributed by atoms with Crippen molar-refractivity contribution in [2.24, 2.45) is 0 Å². The van der Waals surface area contributed by atoms with Crippen LogP contribution in [-0.2, 0) is 26.3 Å². The second-order valence-electron chi connectivity index (χ2n) is 8.36. The summed E-state index contributed by atoms with van der Waals surface area (Å²) in [6.45, 7) is 0.817. The zero-order valence-electron chi connectivity index (χ0n) is 19.6. The highest BCUT2D eigenvalue weighted by molar-refractivity contribution is 7.10. The fraction of sp³-hybridized carbons (Fsp3) is 0.179. The molecule has 5 rings (SSSR count). The smallest absolute Gasteiger partial charge is 0.314 e. The van der Waals surface area contributed by atoms with Crippen molar-refractivity contribution in [2.75, 3.05) is 12.4 Å². The number of aliphatic carboxylic acids is 1. The third kappa shape index (κ3) is 5.58. The highest BCUT2D eigenvalue weighted by atomic mass is 35.5. The first-order valence-corrected chi connectivity index (χ1v) is 12.5. The third-order valence-corrected chi connectivity index (χ3v) is 7.41. The Morgan fingerprint density at radius 3 is 2.14 bits per heavy atom. The van der Waals surface area contributed by atoms with Gasteiger partial charge in [0.2, 0.25) is 0 Å². The van der Waals surface area contributed by atoms with Crippen molar-refractivity contribution in [3.63, 3.8) is 0 Å². The maximum atomic E-state index is 11.4. The minimum absolute atomic E-state index is 0.365. The van der Waals surface area contributed by atoms with Gasteiger partial charge in [-0.2, -0.15) is 4.37 Å². The van der Waals surface area contributed by atoms with E-state index in [1.54, 1.807) is 0 Å². The van der Waals surface area contributed by atoms with E-state index in [0.29, 0.717) is 18.2 Å². The van der Waals surface area contributed by atoms with Gasteiger partial charge in [0.15, 0.2) is 5.15 Å². The van der Waals surface area contributed by atoms with E-state index in [9.17, 15) is 14.7 Å². The highest BCUT2D eigenvalue weighted by Crippen LogP contribution is 2.48. The topological polar surface area (TPSA) is 88.5 Å². The first kappa shape index (κ1) is 25.4. The SMILES string of the molecule is CNc1c(Cl)nsc1-c1ccc(-c2ccc(C3(C(=O)O)CC3)cc2)cc1.O=COCc1ccccc1. The molecule has 0 amide bonds. The number of hydrogen-bond acceptors (Lipinski definition) is 6. The Hall–Kier alpha value is -3.68. The molecule has 0 aliphatic heterocycles. The molecule has 0 unspecified atom stereocenters. The second kappa shape index (κ2) is 11.4. The average molecular weight is 521 g/mol. The summed E-state index contributed by atoms with van der Waals surface area (Å²) >= 11 is 7.47. The van der Waals surface area contributed by atoms with Gasteiger partial charge in [0.25, 0.3) is 6.47 Å². The Labute approximate surface area is 218 Å². The van der Waals surface area contributed by atoms with Crippen LogP contribution in [0.2, 0.25) is 5.15 Å². The fourth-order valence-corrected chi connectivity index (χ4v) is 5.08. The molecule has 1 fully saturated rings. The minimum Gasteiger partial charge on any atom is -0.481 e. The number of carboxylic acid groups (broad SMARTS) is 1. The van der Waals surface area contributed by atoms with E-state index >= 15 is 0 Å². The van der Waals surface area contributed by atoms with E-state index in [4.69, 9.17) is 11.6 Å². The highest BCUT2D eigenvalue weighted by Gasteiger charge is 2.51. The van der Waals surface area contributed by atoms with Gasteiger partial charge in [-0.05, 0) is 52.2 Å². The number of nitrogens with zero attached hydrogens (tertiary/aromatic N) is 1. The molecule has 36 heavy (non-hydrogen) atoms. The summed E-state index contributed by atoms with van der Waals surface area (Å²) in [5.41, 5.74) is 5.30. The van der Waals surface area contributed by atoms with E-state index < -0.39 is 11.4 Å². The third-order valence-electron chi connectivity index (χ3n) is 6.14. The van der Waals surface area contributed by atoms with Crippen LogP contribution in [0.5, 0.6) is 0 Å². The molecule has 4 aromatic rings. The summed E-state index contributed by atoms with van der Waals surface area (Å²) in [4.78, 5) is 22.2. The summed E-state index contributed by atoms with van der Waals surface area (Å²) in [6.07, 6.45) is 1.45. The lowest BCUT2D eigenvalue weighted by Gasteiger charge is -2.11. The number of nitrogens with one attached hydrogen (secondary N) is 1. The number of anilines is 1. The van der Waals surface area contributed by atoms with E-state index in [0.717, 1.165) is 51.2 Å². The molecule has 6 nitrogen and oxygen atoms in total. The number of carboxylic acids is 1. The quantitative estimate of drug-likeness (QED) is 0.253. The zero-order chi connectivity index (χ0) is 25.5. The molecular weight excluding hydrogens is 496 g/mol. The molecule has 2 N–H and O–H groups in total. The molecule has 1 aromatic heterocycles. The average Bonchev–Trinajstić information content (AvgIpc) is 3.66. The van der Waals surface area contributed by atoms with Crippen molar-refractivity contribution in [1.29, 1.82) is 0 Å². The number of halogens is 1. The number of ether oxygens (including phenoxy) is 1.